The molecule has 2 aromatic rings. The molecule has 0 atom stereocenters. The van der Waals surface area contributed by atoms with E-state index >= 15 is 0 Å². The third-order valence-corrected chi connectivity index (χ3v) is 3.54. The molecule has 0 amide bonds. The van der Waals surface area contributed by atoms with Gasteiger partial charge in [-0.05, 0) is 48.1 Å². The Balaban J connectivity index is 2.01. The van der Waals surface area contributed by atoms with Crippen LogP contribution in [0.5, 0.6) is 5.75 Å². The summed E-state index contributed by atoms with van der Waals surface area (Å²) < 4.78 is 43.3. The molecule has 0 radical (unpaired) electrons. The number of hydrogen-bond donors (Lipinski definition) is 2. The van der Waals surface area contributed by atoms with Gasteiger partial charge >= 0.3 is 6.18 Å². The fraction of sp³-hybridized carbons (Fsp3) is 0.125. The molecule has 0 saturated carbocycles. The number of benzene rings is 2. The molecule has 2 aromatic carbocycles. The van der Waals surface area contributed by atoms with E-state index in [1.54, 1.807) is 31.4 Å². The smallest absolute Gasteiger partial charge is 0.416 e. The highest BCUT2D eigenvalue weighted by atomic mass is 35.5. The molecule has 0 unspecified atom stereocenters. The van der Waals surface area contributed by atoms with Crippen LogP contribution >= 0.6 is 23.8 Å². The van der Waals surface area contributed by atoms with Crippen LogP contribution in [0.4, 0.5) is 18.9 Å². The summed E-state index contributed by atoms with van der Waals surface area (Å²) in [5.41, 5.74) is 2.47. The number of hydrogen-bond acceptors (Lipinski definition) is 3. The summed E-state index contributed by atoms with van der Waals surface area (Å²) in [5.74, 6) is 0.667. The van der Waals surface area contributed by atoms with Crippen molar-refractivity contribution in [2.75, 3.05) is 12.4 Å². The van der Waals surface area contributed by atoms with Gasteiger partial charge in [-0.1, -0.05) is 23.7 Å². The minimum Gasteiger partial charge on any atom is -0.497 e. The maximum absolute atomic E-state index is 12.7. The van der Waals surface area contributed by atoms with Crippen LogP contribution < -0.4 is 15.5 Å². The Morgan fingerprint density at radius 3 is 2.68 bits per heavy atom. The Hall–Kier alpha value is -2.32. The molecule has 2 N–H and O–H groups in total. The van der Waals surface area contributed by atoms with Crippen molar-refractivity contribution in [3.8, 4) is 5.75 Å². The van der Waals surface area contributed by atoms with E-state index in [0.717, 1.165) is 23.8 Å². The van der Waals surface area contributed by atoms with Crippen LogP contribution in [0.15, 0.2) is 47.6 Å². The van der Waals surface area contributed by atoms with Gasteiger partial charge in [0.25, 0.3) is 0 Å². The Morgan fingerprint density at radius 1 is 1.24 bits per heavy atom. The van der Waals surface area contributed by atoms with Crippen molar-refractivity contribution in [1.29, 1.82) is 0 Å². The molecule has 0 aliphatic heterocycles. The summed E-state index contributed by atoms with van der Waals surface area (Å²) >= 11 is 10.9. The van der Waals surface area contributed by atoms with E-state index in [9.17, 15) is 13.2 Å². The molecule has 132 valence electrons. The van der Waals surface area contributed by atoms with E-state index < -0.39 is 11.7 Å². The first-order valence-electron chi connectivity index (χ1n) is 6.90. The van der Waals surface area contributed by atoms with Crippen LogP contribution in [0.2, 0.25) is 5.02 Å². The fourth-order valence-electron chi connectivity index (χ4n) is 1.83. The first-order chi connectivity index (χ1) is 11.8. The van der Waals surface area contributed by atoms with Gasteiger partial charge in [-0.3, -0.25) is 5.43 Å². The molecule has 0 bridgehead atoms. The van der Waals surface area contributed by atoms with Crippen LogP contribution in [0, 0.1) is 0 Å². The summed E-state index contributed by atoms with van der Waals surface area (Å²) in [4.78, 5) is 0. The molecular formula is C16H13ClF3N3OS. The average Bonchev–Trinajstić information content (AvgIpc) is 2.56. The van der Waals surface area contributed by atoms with Crippen LogP contribution in [-0.2, 0) is 6.18 Å². The number of ether oxygens (including phenoxy) is 1. The number of methoxy groups -OCH3 is 1. The van der Waals surface area contributed by atoms with Gasteiger partial charge in [0.1, 0.15) is 5.75 Å². The molecule has 0 aliphatic rings. The largest absolute Gasteiger partial charge is 0.497 e. The average molecular weight is 388 g/mol. The monoisotopic (exact) mass is 387 g/mol. The summed E-state index contributed by atoms with van der Waals surface area (Å²) in [6.07, 6.45) is -2.98. The van der Waals surface area contributed by atoms with Gasteiger partial charge in [-0.15, -0.1) is 0 Å². The highest BCUT2D eigenvalue weighted by molar-refractivity contribution is 7.80. The van der Waals surface area contributed by atoms with E-state index in [0.29, 0.717) is 5.75 Å². The Kier molecular flexibility index (Phi) is 6.22. The number of hydrazone groups is 1. The zero-order valence-corrected chi connectivity index (χ0v) is 14.5. The zero-order valence-electron chi connectivity index (χ0n) is 12.9. The second kappa shape index (κ2) is 8.17. The van der Waals surface area contributed by atoms with E-state index in [4.69, 9.17) is 28.6 Å². The quantitative estimate of drug-likeness (QED) is 0.454. The van der Waals surface area contributed by atoms with Crippen molar-refractivity contribution in [2.24, 2.45) is 5.10 Å². The molecular weight excluding hydrogens is 375 g/mol. The summed E-state index contributed by atoms with van der Waals surface area (Å²) in [7, 11) is 1.55. The van der Waals surface area contributed by atoms with Crippen LogP contribution in [0.3, 0.4) is 0 Å². The predicted octanol–water partition coefficient (Wildman–Crippen LogP) is 4.69. The number of halogens is 4. The highest BCUT2D eigenvalue weighted by Crippen LogP contribution is 2.33. The lowest BCUT2D eigenvalue weighted by atomic mass is 10.2. The van der Waals surface area contributed by atoms with Crippen LogP contribution in [0.1, 0.15) is 11.1 Å². The molecule has 4 nitrogen and oxygen atoms in total. The van der Waals surface area contributed by atoms with E-state index in [-0.39, 0.29) is 15.8 Å². The Morgan fingerprint density at radius 2 is 2.00 bits per heavy atom. The molecule has 9 heteroatoms. The van der Waals surface area contributed by atoms with Crippen molar-refractivity contribution in [3.63, 3.8) is 0 Å². The molecule has 0 aromatic heterocycles. The van der Waals surface area contributed by atoms with Gasteiger partial charge in [0.05, 0.1) is 29.6 Å². The molecule has 0 fully saturated rings. The Labute approximate surface area is 152 Å². The fourth-order valence-corrected chi connectivity index (χ4v) is 2.16. The topological polar surface area (TPSA) is 45.6 Å². The van der Waals surface area contributed by atoms with Gasteiger partial charge in [0.2, 0.25) is 0 Å². The normalized spacial score (nSPS) is 11.4. The summed E-state index contributed by atoms with van der Waals surface area (Å²) in [6.45, 7) is 0. The summed E-state index contributed by atoms with van der Waals surface area (Å²) in [5, 5.41) is 6.60. The molecule has 0 saturated heterocycles. The number of alkyl halides is 3. The third kappa shape index (κ3) is 5.61. The lowest BCUT2D eigenvalue weighted by molar-refractivity contribution is -0.137. The third-order valence-electron chi connectivity index (χ3n) is 3.02. The SMILES string of the molecule is COc1cccc(/C=N\NC(=S)Nc2cc(C(F)(F)F)ccc2Cl)c1. The van der Waals surface area contributed by atoms with Gasteiger partial charge in [-0.2, -0.15) is 18.3 Å². The molecule has 25 heavy (non-hydrogen) atoms. The standard InChI is InChI=1S/C16H13ClF3N3OS/c1-24-12-4-2-3-10(7-12)9-21-23-15(25)22-14-8-11(16(18,19)20)5-6-13(14)17/h2-9H,1H3,(H2,22,23,25)/b21-9-. The van der Waals surface area contributed by atoms with Crippen molar-refractivity contribution >= 4 is 40.8 Å². The van der Waals surface area contributed by atoms with Gasteiger partial charge in [-0.25, -0.2) is 0 Å². The predicted molar refractivity (Wildman–Crippen MR) is 96.4 cm³/mol. The zero-order chi connectivity index (χ0) is 18.4. The number of anilines is 1. The van der Waals surface area contributed by atoms with Crippen molar-refractivity contribution < 1.29 is 17.9 Å². The number of nitrogens with one attached hydrogen (secondary N) is 2. The highest BCUT2D eigenvalue weighted by Gasteiger charge is 2.31. The minimum absolute atomic E-state index is 0.000343. The maximum Gasteiger partial charge on any atom is 0.416 e. The lowest BCUT2D eigenvalue weighted by Crippen LogP contribution is -2.24. The van der Waals surface area contributed by atoms with Crippen LogP contribution in [0.25, 0.3) is 0 Å². The molecule has 0 aliphatic carbocycles. The van der Waals surface area contributed by atoms with Gasteiger partial charge < -0.3 is 10.1 Å². The minimum atomic E-state index is -4.47. The van der Waals surface area contributed by atoms with Gasteiger partial charge in [0, 0.05) is 0 Å². The number of rotatable bonds is 4. The molecule has 2 rings (SSSR count). The maximum atomic E-state index is 12.7. The summed E-state index contributed by atoms with van der Waals surface area (Å²) in [6, 6.07) is 10.0. The van der Waals surface area contributed by atoms with Crippen molar-refractivity contribution in [3.05, 3.63) is 58.6 Å². The van der Waals surface area contributed by atoms with E-state index in [1.165, 1.54) is 6.21 Å². The Bertz CT molecular complexity index is 796. The number of thiocarbonyl (C=S) groups is 1. The van der Waals surface area contributed by atoms with Crippen LogP contribution in [-0.4, -0.2) is 18.4 Å². The van der Waals surface area contributed by atoms with Crippen molar-refractivity contribution in [1.82, 2.24) is 5.43 Å². The first-order valence-corrected chi connectivity index (χ1v) is 7.69. The van der Waals surface area contributed by atoms with Crippen molar-refractivity contribution in [2.45, 2.75) is 6.18 Å². The number of nitrogens with zero attached hydrogens (tertiary/aromatic N) is 1. The lowest BCUT2D eigenvalue weighted by Gasteiger charge is -2.12. The first kappa shape index (κ1) is 19.0. The van der Waals surface area contributed by atoms with E-state index in [1.807, 2.05) is 0 Å². The van der Waals surface area contributed by atoms with Gasteiger partial charge in [0.15, 0.2) is 5.11 Å². The second-order valence-electron chi connectivity index (χ2n) is 4.79. The molecule has 0 heterocycles. The second-order valence-corrected chi connectivity index (χ2v) is 5.61. The van der Waals surface area contributed by atoms with E-state index in [2.05, 4.69) is 15.8 Å². The molecule has 0 spiro atoms.